The number of hydrogen-bond acceptors (Lipinski definition) is 3. The predicted octanol–water partition coefficient (Wildman–Crippen LogP) is 1.59. The maximum atomic E-state index is 5.75. The molecule has 4 nitrogen and oxygen atoms in total. The Morgan fingerprint density at radius 1 is 1.50 bits per heavy atom. The van der Waals surface area contributed by atoms with Crippen LogP contribution in [0.1, 0.15) is 56.5 Å². The van der Waals surface area contributed by atoms with Crippen molar-refractivity contribution in [3.63, 3.8) is 0 Å². The Balaban J connectivity index is 2.30. The molecule has 0 amide bonds. The van der Waals surface area contributed by atoms with E-state index in [1.807, 2.05) is 4.68 Å². The molecule has 1 aliphatic carbocycles. The molecule has 2 N–H and O–H groups in total. The molecule has 4 heteroatoms. The lowest BCUT2D eigenvalue weighted by atomic mass is 9.82. The quantitative estimate of drug-likeness (QED) is 0.794. The lowest BCUT2D eigenvalue weighted by Gasteiger charge is -2.24. The van der Waals surface area contributed by atoms with Crippen LogP contribution in [-0.4, -0.2) is 15.0 Å². The summed E-state index contributed by atoms with van der Waals surface area (Å²) in [5.41, 5.74) is 8.02. The largest absolute Gasteiger partial charge is 0.325 e. The number of hydrogen-bond donors (Lipinski definition) is 1. The van der Waals surface area contributed by atoms with Gasteiger partial charge in [-0.15, -0.1) is 5.10 Å². The minimum Gasteiger partial charge on any atom is -0.325 e. The molecule has 0 spiro atoms. The van der Waals surface area contributed by atoms with Crippen LogP contribution in [0.15, 0.2) is 0 Å². The second-order valence-electron chi connectivity index (χ2n) is 4.29. The summed E-state index contributed by atoms with van der Waals surface area (Å²) >= 11 is 0. The first-order valence-electron chi connectivity index (χ1n) is 5.38. The van der Waals surface area contributed by atoms with Crippen LogP contribution in [0, 0.1) is 0 Å². The summed E-state index contributed by atoms with van der Waals surface area (Å²) in [5, 5.41) is 8.44. The highest BCUT2D eigenvalue weighted by atomic mass is 15.4. The minimum absolute atomic E-state index is 0.356. The Morgan fingerprint density at radius 2 is 2.21 bits per heavy atom. The molecule has 0 atom stereocenters. The van der Waals surface area contributed by atoms with Gasteiger partial charge in [0, 0.05) is 18.5 Å². The summed E-state index contributed by atoms with van der Waals surface area (Å²) in [6.07, 6.45) is 3.83. The van der Waals surface area contributed by atoms with Crippen LogP contribution in [0.4, 0.5) is 0 Å². The van der Waals surface area contributed by atoms with E-state index in [1.54, 1.807) is 0 Å². The molecule has 0 aromatic carbocycles. The summed E-state index contributed by atoms with van der Waals surface area (Å²) in [6, 6.07) is 0.356. The normalized spacial score (nSPS) is 17.4. The highest BCUT2D eigenvalue weighted by Crippen LogP contribution is 2.36. The van der Waals surface area contributed by atoms with E-state index in [1.165, 1.54) is 19.3 Å². The Hall–Kier alpha value is -0.900. The summed E-state index contributed by atoms with van der Waals surface area (Å²) in [5.74, 6) is 0.626. The van der Waals surface area contributed by atoms with E-state index >= 15 is 0 Å². The second-order valence-corrected chi connectivity index (χ2v) is 4.29. The van der Waals surface area contributed by atoms with Gasteiger partial charge in [0.1, 0.15) is 0 Å². The van der Waals surface area contributed by atoms with Gasteiger partial charge in [0.05, 0.1) is 11.4 Å². The molecular weight excluding hydrogens is 176 g/mol. The molecule has 1 heterocycles. The van der Waals surface area contributed by atoms with Crippen LogP contribution in [0.5, 0.6) is 0 Å². The van der Waals surface area contributed by atoms with Gasteiger partial charge in [0.2, 0.25) is 0 Å². The van der Waals surface area contributed by atoms with Crippen LogP contribution in [0.3, 0.4) is 0 Å². The molecule has 1 aromatic heterocycles. The zero-order valence-electron chi connectivity index (χ0n) is 8.90. The third kappa shape index (κ3) is 1.43. The van der Waals surface area contributed by atoms with Crippen molar-refractivity contribution in [3.05, 3.63) is 11.4 Å². The van der Waals surface area contributed by atoms with Crippen molar-refractivity contribution in [2.75, 3.05) is 0 Å². The Labute approximate surface area is 84.5 Å². The highest BCUT2D eigenvalue weighted by molar-refractivity contribution is 5.17. The fourth-order valence-electron chi connectivity index (χ4n) is 1.94. The molecule has 1 aromatic rings. The molecule has 0 unspecified atom stereocenters. The average Bonchev–Trinajstić information content (AvgIpc) is 2.44. The standard InChI is InChI=1S/C10H18N4/c1-7(2)14-9(6-11)10(12-13-14)8-4-3-5-8/h7-8H,3-6,11H2,1-2H3. The summed E-state index contributed by atoms with van der Waals surface area (Å²) in [4.78, 5) is 0. The Morgan fingerprint density at radius 3 is 2.64 bits per heavy atom. The maximum Gasteiger partial charge on any atom is 0.0903 e. The van der Waals surface area contributed by atoms with E-state index in [4.69, 9.17) is 5.73 Å². The molecule has 0 saturated heterocycles. The van der Waals surface area contributed by atoms with Crippen LogP contribution in [-0.2, 0) is 6.54 Å². The zero-order valence-corrected chi connectivity index (χ0v) is 8.90. The van der Waals surface area contributed by atoms with Gasteiger partial charge in [-0.05, 0) is 26.7 Å². The van der Waals surface area contributed by atoms with Crippen molar-refractivity contribution in [1.29, 1.82) is 0 Å². The van der Waals surface area contributed by atoms with Crippen molar-refractivity contribution in [2.45, 2.75) is 51.6 Å². The van der Waals surface area contributed by atoms with Gasteiger partial charge in [-0.1, -0.05) is 11.6 Å². The molecule has 78 valence electrons. The molecular formula is C10H18N4. The third-order valence-corrected chi connectivity index (χ3v) is 3.00. The van der Waals surface area contributed by atoms with E-state index in [0.29, 0.717) is 18.5 Å². The fraction of sp³-hybridized carbons (Fsp3) is 0.800. The highest BCUT2D eigenvalue weighted by Gasteiger charge is 2.26. The monoisotopic (exact) mass is 194 g/mol. The first kappa shape index (κ1) is 9.65. The molecule has 14 heavy (non-hydrogen) atoms. The molecule has 1 fully saturated rings. The summed E-state index contributed by atoms with van der Waals surface area (Å²) < 4.78 is 1.95. The third-order valence-electron chi connectivity index (χ3n) is 3.00. The SMILES string of the molecule is CC(C)n1nnc(C2CCC2)c1CN. The van der Waals surface area contributed by atoms with Crippen LogP contribution < -0.4 is 5.73 Å². The Bertz CT molecular complexity index is 312. The van der Waals surface area contributed by atoms with E-state index in [2.05, 4.69) is 24.2 Å². The topological polar surface area (TPSA) is 56.7 Å². The van der Waals surface area contributed by atoms with Crippen LogP contribution in [0.2, 0.25) is 0 Å². The molecule has 1 saturated carbocycles. The van der Waals surface area contributed by atoms with Crippen molar-refractivity contribution < 1.29 is 0 Å². The van der Waals surface area contributed by atoms with Crippen molar-refractivity contribution in [3.8, 4) is 0 Å². The molecule has 2 rings (SSSR count). The summed E-state index contributed by atoms with van der Waals surface area (Å²) in [6.45, 7) is 4.77. The van der Waals surface area contributed by atoms with Crippen molar-refractivity contribution in [2.24, 2.45) is 5.73 Å². The van der Waals surface area contributed by atoms with Gasteiger partial charge < -0.3 is 5.73 Å². The van der Waals surface area contributed by atoms with Gasteiger partial charge in [-0.25, -0.2) is 4.68 Å². The lowest BCUT2D eigenvalue weighted by Crippen LogP contribution is -2.16. The molecule has 0 bridgehead atoms. The van der Waals surface area contributed by atoms with Gasteiger partial charge in [-0.2, -0.15) is 0 Å². The lowest BCUT2D eigenvalue weighted by molar-refractivity contribution is 0.407. The van der Waals surface area contributed by atoms with Crippen LogP contribution in [0.25, 0.3) is 0 Å². The first-order chi connectivity index (χ1) is 6.74. The number of aromatic nitrogens is 3. The van der Waals surface area contributed by atoms with Crippen LogP contribution >= 0.6 is 0 Å². The molecule has 0 radical (unpaired) electrons. The number of rotatable bonds is 3. The molecule has 0 aliphatic heterocycles. The minimum atomic E-state index is 0.356. The van der Waals surface area contributed by atoms with Crippen molar-refractivity contribution in [1.82, 2.24) is 15.0 Å². The van der Waals surface area contributed by atoms with E-state index in [-0.39, 0.29) is 0 Å². The predicted molar refractivity (Wildman–Crippen MR) is 54.9 cm³/mol. The fourth-order valence-corrected chi connectivity index (χ4v) is 1.94. The molecule has 1 aliphatic rings. The zero-order chi connectivity index (χ0) is 10.1. The van der Waals surface area contributed by atoms with E-state index in [9.17, 15) is 0 Å². The van der Waals surface area contributed by atoms with Gasteiger partial charge >= 0.3 is 0 Å². The van der Waals surface area contributed by atoms with E-state index in [0.717, 1.165) is 11.4 Å². The maximum absolute atomic E-state index is 5.75. The van der Waals surface area contributed by atoms with Gasteiger partial charge in [0.25, 0.3) is 0 Å². The first-order valence-corrected chi connectivity index (χ1v) is 5.38. The van der Waals surface area contributed by atoms with Gasteiger partial charge in [-0.3, -0.25) is 0 Å². The van der Waals surface area contributed by atoms with Gasteiger partial charge in [0.15, 0.2) is 0 Å². The second kappa shape index (κ2) is 3.69. The Kier molecular flexibility index (Phi) is 2.54. The van der Waals surface area contributed by atoms with E-state index < -0.39 is 0 Å². The number of nitrogens with two attached hydrogens (primary N) is 1. The number of nitrogens with zero attached hydrogens (tertiary/aromatic N) is 3. The average molecular weight is 194 g/mol. The smallest absolute Gasteiger partial charge is 0.0903 e. The van der Waals surface area contributed by atoms with Crippen molar-refractivity contribution >= 4 is 0 Å². The summed E-state index contributed by atoms with van der Waals surface area (Å²) in [7, 11) is 0.